The molecule has 0 amide bonds. The molecule has 0 radical (unpaired) electrons. The second kappa shape index (κ2) is 13.4. The molecule has 0 aliphatic heterocycles. The van der Waals surface area contributed by atoms with Gasteiger partial charge in [0, 0.05) is 35.1 Å². The van der Waals surface area contributed by atoms with Crippen LogP contribution in [0, 0.1) is 0 Å². The minimum atomic E-state index is 0.380. The molecule has 0 saturated heterocycles. The van der Waals surface area contributed by atoms with Gasteiger partial charge in [0.15, 0.2) is 0 Å². The predicted octanol–water partition coefficient (Wildman–Crippen LogP) is 8.81. The van der Waals surface area contributed by atoms with Crippen molar-refractivity contribution in [3.05, 3.63) is 82.1 Å². The largest absolute Gasteiger partial charge is 0.506 e. The van der Waals surface area contributed by atoms with E-state index in [1.165, 1.54) is 21.6 Å². The Hall–Kier alpha value is -2.47. The van der Waals surface area contributed by atoms with Crippen molar-refractivity contribution in [2.45, 2.75) is 59.0 Å². The van der Waals surface area contributed by atoms with Crippen LogP contribution in [0.1, 0.15) is 55.5 Å². The van der Waals surface area contributed by atoms with Crippen LogP contribution in [0.3, 0.4) is 0 Å². The van der Waals surface area contributed by atoms with Gasteiger partial charge in [-0.15, -0.1) is 22.7 Å². The standard InChI is InChI=1S/C29H36N2OS2/c1-5-7-9-12-22(3)13-10-16-30-29-26(21-31(4)20-24-15-11-17-33-24)25-18-23(14-8-6-2)19-27(32)28(25)34-29/h5,7,9,11-12,15-19,32H,1,6,8,10,13-14,20-21H2,2-4H3/b9-7-,22-12+,30-16+. The number of aryl methyl sites for hydroxylation is 1. The number of aromatic hydroxyl groups is 1. The van der Waals surface area contributed by atoms with Gasteiger partial charge in [-0.2, -0.15) is 0 Å². The number of phenols is 1. The van der Waals surface area contributed by atoms with E-state index in [2.05, 4.69) is 62.0 Å². The zero-order chi connectivity index (χ0) is 24.3. The van der Waals surface area contributed by atoms with Crippen LogP contribution in [-0.4, -0.2) is 23.3 Å². The Labute approximate surface area is 212 Å². The lowest BCUT2D eigenvalue weighted by molar-refractivity contribution is 0.324. The summed E-state index contributed by atoms with van der Waals surface area (Å²) in [5.41, 5.74) is 3.73. The van der Waals surface area contributed by atoms with E-state index in [9.17, 15) is 5.11 Å². The van der Waals surface area contributed by atoms with E-state index in [0.717, 1.165) is 60.3 Å². The molecule has 0 spiro atoms. The van der Waals surface area contributed by atoms with Crippen LogP contribution in [-0.2, 0) is 19.5 Å². The lowest BCUT2D eigenvalue weighted by Crippen LogP contribution is -2.16. The van der Waals surface area contributed by atoms with Gasteiger partial charge in [-0.25, -0.2) is 4.99 Å². The summed E-state index contributed by atoms with van der Waals surface area (Å²) in [5, 5.41) is 15.1. The lowest BCUT2D eigenvalue weighted by Gasteiger charge is -2.16. The van der Waals surface area contributed by atoms with Crippen LogP contribution in [0.5, 0.6) is 5.75 Å². The Morgan fingerprint density at radius 2 is 2.09 bits per heavy atom. The van der Waals surface area contributed by atoms with Crippen molar-refractivity contribution < 1.29 is 5.11 Å². The molecular weight excluding hydrogens is 456 g/mol. The molecular formula is C29H36N2OS2. The maximum atomic E-state index is 10.8. The molecule has 2 aromatic heterocycles. The molecule has 180 valence electrons. The highest BCUT2D eigenvalue weighted by atomic mass is 32.1. The van der Waals surface area contributed by atoms with Gasteiger partial charge in [0.2, 0.25) is 0 Å². The number of hydrogen-bond acceptors (Lipinski definition) is 5. The summed E-state index contributed by atoms with van der Waals surface area (Å²) in [4.78, 5) is 8.58. The summed E-state index contributed by atoms with van der Waals surface area (Å²) < 4.78 is 0.942. The highest BCUT2D eigenvalue weighted by Crippen LogP contribution is 2.43. The first kappa shape index (κ1) is 26.1. The highest BCUT2D eigenvalue weighted by Gasteiger charge is 2.17. The third-order valence-electron chi connectivity index (χ3n) is 5.67. The van der Waals surface area contributed by atoms with Crippen molar-refractivity contribution in [3.8, 4) is 5.75 Å². The number of phenolic OH excluding ortho intramolecular Hbond substituents is 1. The molecule has 34 heavy (non-hydrogen) atoms. The third-order valence-corrected chi connectivity index (χ3v) is 7.71. The van der Waals surface area contributed by atoms with Crippen LogP contribution in [0.4, 0.5) is 5.00 Å². The van der Waals surface area contributed by atoms with E-state index in [1.54, 1.807) is 28.7 Å². The first-order valence-electron chi connectivity index (χ1n) is 12.0. The first-order chi connectivity index (χ1) is 16.5. The van der Waals surface area contributed by atoms with E-state index >= 15 is 0 Å². The molecule has 3 rings (SSSR count). The number of unbranched alkanes of at least 4 members (excludes halogenated alkanes) is 1. The summed E-state index contributed by atoms with van der Waals surface area (Å²) in [6.45, 7) is 9.75. The average molecular weight is 493 g/mol. The van der Waals surface area contributed by atoms with Crippen molar-refractivity contribution in [1.29, 1.82) is 0 Å². The van der Waals surface area contributed by atoms with E-state index < -0.39 is 0 Å². The van der Waals surface area contributed by atoms with Gasteiger partial charge < -0.3 is 5.11 Å². The minimum Gasteiger partial charge on any atom is -0.506 e. The van der Waals surface area contributed by atoms with E-state index in [1.807, 2.05) is 24.4 Å². The molecule has 3 nitrogen and oxygen atoms in total. The Morgan fingerprint density at radius 1 is 1.24 bits per heavy atom. The van der Waals surface area contributed by atoms with Crippen LogP contribution in [0.2, 0.25) is 0 Å². The smallest absolute Gasteiger partial charge is 0.133 e. The van der Waals surface area contributed by atoms with Gasteiger partial charge in [-0.05, 0) is 68.8 Å². The summed E-state index contributed by atoms with van der Waals surface area (Å²) in [6.07, 6.45) is 15.0. The molecule has 5 heteroatoms. The topological polar surface area (TPSA) is 35.8 Å². The number of benzene rings is 1. The van der Waals surface area contributed by atoms with Crippen LogP contribution in [0.15, 0.2) is 71.1 Å². The number of hydrogen-bond donors (Lipinski definition) is 1. The average Bonchev–Trinajstić information content (AvgIpc) is 3.44. The van der Waals surface area contributed by atoms with Crippen molar-refractivity contribution in [2.24, 2.45) is 4.99 Å². The second-order valence-corrected chi connectivity index (χ2v) is 10.7. The van der Waals surface area contributed by atoms with Gasteiger partial charge in [-0.1, -0.05) is 55.9 Å². The van der Waals surface area contributed by atoms with E-state index in [-0.39, 0.29) is 0 Å². The molecule has 2 heterocycles. The summed E-state index contributed by atoms with van der Waals surface area (Å²) in [7, 11) is 2.16. The zero-order valence-corrected chi connectivity index (χ0v) is 22.2. The molecule has 0 atom stereocenters. The van der Waals surface area contributed by atoms with Crippen molar-refractivity contribution in [3.63, 3.8) is 0 Å². The molecule has 1 N–H and O–H groups in total. The van der Waals surface area contributed by atoms with E-state index in [0.29, 0.717) is 5.75 Å². The molecule has 3 aromatic rings. The molecule has 0 unspecified atom stereocenters. The van der Waals surface area contributed by atoms with Crippen LogP contribution >= 0.6 is 22.7 Å². The summed E-state index contributed by atoms with van der Waals surface area (Å²) >= 11 is 3.39. The summed E-state index contributed by atoms with van der Waals surface area (Å²) in [5.74, 6) is 0.380. The number of fused-ring (bicyclic) bond motifs is 1. The normalized spacial score (nSPS) is 12.6. The third kappa shape index (κ3) is 7.52. The Kier molecular flexibility index (Phi) is 10.3. The maximum Gasteiger partial charge on any atom is 0.133 e. The van der Waals surface area contributed by atoms with Crippen LogP contribution < -0.4 is 0 Å². The van der Waals surface area contributed by atoms with Gasteiger partial charge in [0.1, 0.15) is 10.8 Å². The fourth-order valence-corrected chi connectivity index (χ4v) is 5.73. The Balaban J connectivity index is 1.86. The molecule has 0 aliphatic carbocycles. The van der Waals surface area contributed by atoms with Crippen molar-refractivity contribution >= 4 is 44.0 Å². The molecule has 0 fully saturated rings. The van der Waals surface area contributed by atoms with Gasteiger partial charge in [0.05, 0.1) is 4.70 Å². The molecule has 0 aliphatic rings. The number of rotatable bonds is 13. The quantitative estimate of drug-likeness (QED) is 0.191. The summed E-state index contributed by atoms with van der Waals surface area (Å²) in [6, 6.07) is 8.49. The molecule has 0 saturated carbocycles. The SMILES string of the molecule is C=C/C=C\C=C(/C)CC/C=N/c1sc2c(O)cc(CCCC)cc2c1CN(C)Cc1cccs1. The van der Waals surface area contributed by atoms with Crippen molar-refractivity contribution in [1.82, 2.24) is 4.90 Å². The van der Waals surface area contributed by atoms with Gasteiger partial charge in [0.25, 0.3) is 0 Å². The fourth-order valence-electron chi connectivity index (χ4n) is 3.87. The molecule has 1 aromatic carbocycles. The minimum absolute atomic E-state index is 0.380. The van der Waals surface area contributed by atoms with E-state index in [4.69, 9.17) is 4.99 Å². The Bertz CT molecular complexity index is 1150. The van der Waals surface area contributed by atoms with Gasteiger partial charge >= 0.3 is 0 Å². The Morgan fingerprint density at radius 3 is 2.82 bits per heavy atom. The number of aliphatic imine (C=N–C) groups is 1. The first-order valence-corrected chi connectivity index (χ1v) is 13.7. The van der Waals surface area contributed by atoms with Crippen LogP contribution in [0.25, 0.3) is 10.1 Å². The number of nitrogens with zero attached hydrogens (tertiary/aromatic N) is 2. The van der Waals surface area contributed by atoms with Crippen molar-refractivity contribution in [2.75, 3.05) is 7.05 Å². The maximum absolute atomic E-state index is 10.8. The number of thiophene rings is 2. The molecule has 0 bridgehead atoms. The lowest BCUT2D eigenvalue weighted by atomic mass is 10.0. The highest BCUT2D eigenvalue weighted by molar-refractivity contribution is 7.23. The fraction of sp³-hybridized carbons (Fsp3) is 0.345. The predicted molar refractivity (Wildman–Crippen MR) is 152 cm³/mol. The van der Waals surface area contributed by atoms with Gasteiger partial charge in [-0.3, -0.25) is 4.90 Å². The second-order valence-electron chi connectivity index (χ2n) is 8.72. The number of allylic oxidation sites excluding steroid dienone is 5. The monoisotopic (exact) mass is 492 g/mol. The zero-order valence-electron chi connectivity index (χ0n) is 20.6.